The number of ketones is 1. The van der Waals surface area contributed by atoms with Crippen LogP contribution in [0, 0.1) is 26.7 Å². The van der Waals surface area contributed by atoms with E-state index >= 15 is 0 Å². The first-order chi connectivity index (χ1) is 18.2. The number of nitrogens with one attached hydrogen (secondary N) is 1. The van der Waals surface area contributed by atoms with E-state index in [-0.39, 0.29) is 11.3 Å². The van der Waals surface area contributed by atoms with E-state index in [9.17, 15) is 14.7 Å². The lowest BCUT2D eigenvalue weighted by Crippen LogP contribution is -2.29. The van der Waals surface area contributed by atoms with Gasteiger partial charge in [0.15, 0.2) is 0 Å². The van der Waals surface area contributed by atoms with E-state index in [2.05, 4.69) is 18.8 Å². The van der Waals surface area contributed by atoms with Crippen LogP contribution in [0.1, 0.15) is 47.8 Å². The zero-order chi connectivity index (χ0) is 27.1. The number of H-pyrrole nitrogens is 1. The average molecular weight is 509 g/mol. The normalized spacial score (nSPS) is 17.1. The molecule has 1 saturated heterocycles. The van der Waals surface area contributed by atoms with Crippen LogP contribution >= 0.6 is 0 Å². The van der Waals surface area contributed by atoms with Crippen LogP contribution in [0.25, 0.3) is 16.7 Å². The van der Waals surface area contributed by atoms with Crippen molar-refractivity contribution in [1.29, 1.82) is 0 Å². The fourth-order valence-corrected chi connectivity index (χ4v) is 5.24. The number of carbonyl (C=O) groups is 2. The van der Waals surface area contributed by atoms with Crippen LogP contribution in [0.5, 0.6) is 5.75 Å². The minimum Gasteiger partial charge on any atom is -0.507 e. The highest BCUT2D eigenvalue weighted by Crippen LogP contribution is 2.45. The van der Waals surface area contributed by atoms with Gasteiger partial charge >= 0.3 is 0 Å². The summed E-state index contributed by atoms with van der Waals surface area (Å²) in [4.78, 5) is 32.2. The summed E-state index contributed by atoms with van der Waals surface area (Å²) in [7, 11) is 0. The molecule has 1 atom stereocenters. The Bertz CT molecular complexity index is 1560. The third-order valence-electron chi connectivity index (χ3n) is 6.86. The molecule has 38 heavy (non-hydrogen) atoms. The number of aryl methyl sites for hydroxylation is 3. The predicted octanol–water partition coefficient (Wildman–Crippen LogP) is 6.75. The molecule has 1 amide bonds. The molecule has 6 nitrogen and oxygen atoms in total. The van der Waals surface area contributed by atoms with Crippen molar-refractivity contribution in [3.05, 3.63) is 100 Å². The molecule has 1 unspecified atom stereocenters. The van der Waals surface area contributed by atoms with Gasteiger partial charge in [-0.25, -0.2) is 0 Å². The van der Waals surface area contributed by atoms with Crippen LogP contribution in [0.15, 0.2) is 72.3 Å². The molecule has 0 saturated carbocycles. The lowest BCUT2D eigenvalue weighted by atomic mass is 9.93. The summed E-state index contributed by atoms with van der Waals surface area (Å²) in [5.41, 5.74) is 5.61. The fourth-order valence-electron chi connectivity index (χ4n) is 5.24. The van der Waals surface area contributed by atoms with E-state index in [1.54, 1.807) is 24.3 Å². The monoisotopic (exact) mass is 508 g/mol. The molecule has 4 aromatic rings. The molecular weight excluding hydrogens is 476 g/mol. The second kappa shape index (κ2) is 9.86. The van der Waals surface area contributed by atoms with Crippen molar-refractivity contribution >= 4 is 34.0 Å². The SMILES string of the molecule is Cc1cc(C)cc(N2C(=O)C(=O)/C(=C(/O)c3ccc(OCC(C)C)cc3)C2c2c(C)[nH]c3ccccc23)c1. The zero-order valence-corrected chi connectivity index (χ0v) is 22.3. The first kappa shape index (κ1) is 25.3. The van der Waals surface area contributed by atoms with E-state index in [1.807, 2.05) is 63.2 Å². The molecule has 2 heterocycles. The number of Topliss-reactive ketones (excluding diaryl/α,β-unsaturated/α-hetero) is 1. The number of aromatic amines is 1. The van der Waals surface area contributed by atoms with Gasteiger partial charge in [-0.3, -0.25) is 14.5 Å². The molecule has 0 spiro atoms. The number of aliphatic hydroxyl groups is 1. The largest absolute Gasteiger partial charge is 0.507 e. The molecule has 3 aromatic carbocycles. The first-order valence-corrected chi connectivity index (χ1v) is 12.9. The van der Waals surface area contributed by atoms with Gasteiger partial charge in [0.1, 0.15) is 11.5 Å². The van der Waals surface area contributed by atoms with Crippen LogP contribution in [-0.2, 0) is 9.59 Å². The van der Waals surface area contributed by atoms with E-state index in [1.165, 1.54) is 4.90 Å². The Morgan fingerprint density at radius 3 is 2.29 bits per heavy atom. The van der Waals surface area contributed by atoms with E-state index in [0.717, 1.165) is 33.3 Å². The van der Waals surface area contributed by atoms with Gasteiger partial charge in [0.05, 0.1) is 18.2 Å². The lowest BCUT2D eigenvalue weighted by molar-refractivity contribution is -0.132. The summed E-state index contributed by atoms with van der Waals surface area (Å²) < 4.78 is 5.78. The Morgan fingerprint density at radius 2 is 1.63 bits per heavy atom. The second-order valence-electron chi connectivity index (χ2n) is 10.5. The maximum atomic E-state index is 13.6. The van der Waals surface area contributed by atoms with E-state index < -0.39 is 17.7 Å². The van der Waals surface area contributed by atoms with Crippen LogP contribution in [-0.4, -0.2) is 28.4 Å². The molecule has 5 rings (SSSR count). The third-order valence-corrected chi connectivity index (χ3v) is 6.86. The smallest absolute Gasteiger partial charge is 0.300 e. The number of amides is 1. The molecule has 1 aliphatic heterocycles. The Hall–Kier alpha value is -4.32. The van der Waals surface area contributed by atoms with Crippen molar-refractivity contribution in [2.24, 2.45) is 5.92 Å². The van der Waals surface area contributed by atoms with Crippen LogP contribution in [0.3, 0.4) is 0 Å². The number of aliphatic hydroxyl groups excluding tert-OH is 1. The van der Waals surface area contributed by atoms with Gasteiger partial charge in [0, 0.05) is 33.4 Å². The van der Waals surface area contributed by atoms with Crippen molar-refractivity contribution in [1.82, 2.24) is 4.98 Å². The number of nitrogens with zero attached hydrogens (tertiary/aromatic N) is 1. The number of fused-ring (bicyclic) bond motifs is 1. The summed E-state index contributed by atoms with van der Waals surface area (Å²) in [5, 5.41) is 12.5. The first-order valence-electron chi connectivity index (χ1n) is 12.9. The number of carbonyl (C=O) groups excluding carboxylic acids is 2. The summed E-state index contributed by atoms with van der Waals surface area (Å²) >= 11 is 0. The quantitative estimate of drug-likeness (QED) is 0.171. The van der Waals surface area contributed by atoms with Gasteiger partial charge in [-0.1, -0.05) is 38.1 Å². The molecule has 1 fully saturated rings. The Morgan fingerprint density at radius 1 is 0.974 bits per heavy atom. The standard InChI is InChI=1S/C32H32N2O4/c1-18(2)17-38-24-12-10-22(11-13-24)30(35)28-29(27-21(5)33-26-9-7-6-8-25(26)27)34(32(37)31(28)36)23-15-19(3)14-20(4)16-23/h6-16,18,29,33,35H,17H2,1-5H3/b30-28+. The molecule has 1 aromatic heterocycles. The Kier molecular flexibility index (Phi) is 6.57. The third kappa shape index (κ3) is 4.47. The van der Waals surface area contributed by atoms with Gasteiger partial charge < -0.3 is 14.8 Å². The maximum absolute atomic E-state index is 13.6. The topological polar surface area (TPSA) is 82.6 Å². The summed E-state index contributed by atoms with van der Waals surface area (Å²) in [6.07, 6.45) is 0. The second-order valence-corrected chi connectivity index (χ2v) is 10.5. The van der Waals surface area contributed by atoms with Crippen LogP contribution < -0.4 is 9.64 Å². The Labute approximate surface area is 222 Å². The highest BCUT2D eigenvalue weighted by molar-refractivity contribution is 6.52. The van der Waals surface area contributed by atoms with E-state index in [4.69, 9.17) is 4.74 Å². The number of rotatable bonds is 6. The highest BCUT2D eigenvalue weighted by Gasteiger charge is 2.48. The van der Waals surface area contributed by atoms with Crippen molar-refractivity contribution in [3.63, 3.8) is 0 Å². The number of aromatic nitrogens is 1. The van der Waals surface area contributed by atoms with Crippen molar-refractivity contribution in [2.45, 2.75) is 40.7 Å². The van der Waals surface area contributed by atoms with Crippen LogP contribution in [0.2, 0.25) is 0 Å². The fraction of sp³-hybridized carbons (Fsp3) is 0.250. The summed E-state index contributed by atoms with van der Waals surface area (Å²) in [6.45, 7) is 10.6. The van der Waals surface area contributed by atoms with Gasteiger partial charge in [0.25, 0.3) is 11.7 Å². The summed E-state index contributed by atoms with van der Waals surface area (Å²) in [5.74, 6) is -0.529. The van der Waals surface area contributed by atoms with Gasteiger partial charge in [-0.2, -0.15) is 0 Å². The van der Waals surface area contributed by atoms with Crippen molar-refractivity contribution in [2.75, 3.05) is 11.5 Å². The molecule has 1 aliphatic rings. The number of hydrogen-bond donors (Lipinski definition) is 2. The van der Waals surface area contributed by atoms with Gasteiger partial charge in [-0.05, 0) is 80.3 Å². The zero-order valence-electron chi connectivity index (χ0n) is 22.3. The number of ether oxygens (including phenoxy) is 1. The lowest BCUT2D eigenvalue weighted by Gasteiger charge is -2.26. The maximum Gasteiger partial charge on any atom is 0.300 e. The molecular formula is C32H32N2O4. The van der Waals surface area contributed by atoms with Crippen molar-refractivity contribution in [3.8, 4) is 5.75 Å². The molecule has 194 valence electrons. The van der Waals surface area contributed by atoms with Crippen molar-refractivity contribution < 1.29 is 19.4 Å². The molecule has 0 aliphatic carbocycles. The highest BCUT2D eigenvalue weighted by atomic mass is 16.5. The molecule has 6 heteroatoms. The summed E-state index contributed by atoms with van der Waals surface area (Å²) in [6, 6.07) is 19.8. The minimum absolute atomic E-state index is 0.0675. The average Bonchev–Trinajstić information content (AvgIpc) is 3.34. The Balaban J connectivity index is 1.71. The number of benzene rings is 3. The number of para-hydroxylation sites is 1. The molecule has 0 bridgehead atoms. The van der Waals surface area contributed by atoms with Gasteiger partial charge in [0.2, 0.25) is 0 Å². The predicted molar refractivity (Wildman–Crippen MR) is 151 cm³/mol. The molecule has 2 N–H and O–H groups in total. The van der Waals surface area contributed by atoms with Gasteiger partial charge in [-0.15, -0.1) is 0 Å². The number of anilines is 1. The minimum atomic E-state index is -0.802. The van der Waals surface area contributed by atoms with E-state index in [0.29, 0.717) is 29.5 Å². The molecule has 0 radical (unpaired) electrons. The van der Waals surface area contributed by atoms with Crippen LogP contribution in [0.4, 0.5) is 5.69 Å². The number of hydrogen-bond acceptors (Lipinski definition) is 4.